The molecule has 0 bridgehead atoms. The molecule has 0 spiro atoms. The van der Waals surface area contributed by atoms with E-state index in [9.17, 15) is 9.59 Å². The third-order valence-corrected chi connectivity index (χ3v) is 3.70. The summed E-state index contributed by atoms with van der Waals surface area (Å²) in [7, 11) is 0. The second-order valence-electron chi connectivity index (χ2n) is 6.06. The molecular formula is C16H23N3O2. The Balaban J connectivity index is 2.23. The number of hydrogen-bond donors (Lipinski definition) is 2. The first-order chi connectivity index (χ1) is 9.90. The van der Waals surface area contributed by atoms with Crippen LogP contribution in [0.3, 0.4) is 0 Å². The maximum absolute atomic E-state index is 12.8. The maximum atomic E-state index is 12.8. The standard InChI is InChI=1S/C16H23N3O2/c1-12(20)18-14-7-4-6-13(10-14)15(21)19-9-5-8-17-11-16(19,2)3/h4,6-7,10,17H,5,8-9,11H2,1-3H3,(H,18,20). The van der Waals surface area contributed by atoms with Crippen LogP contribution in [0, 0.1) is 0 Å². The third kappa shape index (κ3) is 3.82. The van der Waals surface area contributed by atoms with Crippen LogP contribution in [0.2, 0.25) is 0 Å². The first-order valence-electron chi connectivity index (χ1n) is 7.30. The first kappa shape index (κ1) is 15.5. The van der Waals surface area contributed by atoms with E-state index in [4.69, 9.17) is 0 Å². The highest BCUT2D eigenvalue weighted by Crippen LogP contribution is 2.21. The van der Waals surface area contributed by atoms with Gasteiger partial charge in [0.05, 0.1) is 0 Å². The van der Waals surface area contributed by atoms with Gasteiger partial charge >= 0.3 is 0 Å². The zero-order valence-electron chi connectivity index (χ0n) is 12.9. The predicted molar refractivity (Wildman–Crippen MR) is 83.3 cm³/mol. The van der Waals surface area contributed by atoms with Gasteiger partial charge in [-0.05, 0) is 45.0 Å². The van der Waals surface area contributed by atoms with Gasteiger partial charge in [-0.15, -0.1) is 0 Å². The summed E-state index contributed by atoms with van der Waals surface area (Å²) < 4.78 is 0. The molecule has 1 aromatic rings. The number of carbonyl (C=O) groups is 2. The van der Waals surface area contributed by atoms with Crippen molar-refractivity contribution in [1.29, 1.82) is 0 Å². The summed E-state index contributed by atoms with van der Waals surface area (Å²) >= 11 is 0. The Bertz CT molecular complexity index is 540. The van der Waals surface area contributed by atoms with Gasteiger partial charge in [0, 0.05) is 36.8 Å². The van der Waals surface area contributed by atoms with E-state index < -0.39 is 0 Å². The Kier molecular flexibility index (Phi) is 4.63. The van der Waals surface area contributed by atoms with Crippen molar-refractivity contribution in [2.75, 3.05) is 25.0 Å². The van der Waals surface area contributed by atoms with E-state index >= 15 is 0 Å². The normalized spacial score (nSPS) is 18.0. The fraction of sp³-hybridized carbons (Fsp3) is 0.500. The molecule has 2 rings (SSSR count). The smallest absolute Gasteiger partial charge is 0.254 e. The second kappa shape index (κ2) is 6.26. The van der Waals surface area contributed by atoms with E-state index in [0.717, 1.165) is 26.1 Å². The van der Waals surface area contributed by atoms with Gasteiger partial charge in [-0.3, -0.25) is 9.59 Å². The molecule has 2 N–H and O–H groups in total. The maximum Gasteiger partial charge on any atom is 0.254 e. The van der Waals surface area contributed by atoms with E-state index in [-0.39, 0.29) is 17.4 Å². The predicted octanol–water partition coefficient (Wildman–Crippen LogP) is 1.86. The minimum atomic E-state index is -0.225. The van der Waals surface area contributed by atoms with Crippen molar-refractivity contribution >= 4 is 17.5 Å². The highest BCUT2D eigenvalue weighted by atomic mass is 16.2. The summed E-state index contributed by atoms with van der Waals surface area (Å²) in [4.78, 5) is 25.8. The van der Waals surface area contributed by atoms with Crippen molar-refractivity contribution in [2.24, 2.45) is 0 Å². The highest BCUT2D eigenvalue weighted by Gasteiger charge is 2.32. The quantitative estimate of drug-likeness (QED) is 0.873. The van der Waals surface area contributed by atoms with Gasteiger partial charge in [0.1, 0.15) is 0 Å². The van der Waals surface area contributed by atoms with Crippen molar-refractivity contribution in [3.63, 3.8) is 0 Å². The molecule has 0 atom stereocenters. The topological polar surface area (TPSA) is 61.4 Å². The number of rotatable bonds is 2. The minimum absolute atomic E-state index is 0.0101. The lowest BCUT2D eigenvalue weighted by Gasteiger charge is -2.37. The largest absolute Gasteiger partial charge is 0.332 e. The van der Waals surface area contributed by atoms with Crippen LogP contribution < -0.4 is 10.6 Å². The molecule has 1 aromatic carbocycles. The van der Waals surface area contributed by atoms with Crippen molar-refractivity contribution in [3.8, 4) is 0 Å². The number of amides is 2. The molecule has 1 aliphatic heterocycles. The zero-order valence-corrected chi connectivity index (χ0v) is 12.9. The summed E-state index contributed by atoms with van der Waals surface area (Å²) in [6.07, 6.45) is 0.945. The molecule has 21 heavy (non-hydrogen) atoms. The Morgan fingerprint density at radius 3 is 2.81 bits per heavy atom. The summed E-state index contributed by atoms with van der Waals surface area (Å²) in [5.41, 5.74) is 1.03. The average Bonchev–Trinajstić information content (AvgIpc) is 2.58. The molecule has 1 aliphatic rings. The van der Waals surface area contributed by atoms with Crippen molar-refractivity contribution in [3.05, 3.63) is 29.8 Å². The molecule has 1 heterocycles. The van der Waals surface area contributed by atoms with Crippen molar-refractivity contribution in [2.45, 2.75) is 32.7 Å². The van der Waals surface area contributed by atoms with Gasteiger partial charge in [-0.1, -0.05) is 6.07 Å². The second-order valence-corrected chi connectivity index (χ2v) is 6.06. The lowest BCUT2D eigenvalue weighted by molar-refractivity contribution is -0.114. The van der Waals surface area contributed by atoms with E-state index in [1.165, 1.54) is 6.92 Å². The Hall–Kier alpha value is -1.88. The molecule has 0 saturated carbocycles. The van der Waals surface area contributed by atoms with E-state index in [2.05, 4.69) is 24.5 Å². The zero-order chi connectivity index (χ0) is 15.5. The van der Waals surface area contributed by atoms with Crippen LogP contribution in [0.1, 0.15) is 37.6 Å². The SMILES string of the molecule is CC(=O)Nc1cccc(C(=O)N2CCCNCC2(C)C)c1. The lowest BCUT2D eigenvalue weighted by atomic mass is 10.0. The van der Waals surface area contributed by atoms with Crippen LogP contribution in [0.4, 0.5) is 5.69 Å². The van der Waals surface area contributed by atoms with Crippen molar-refractivity contribution < 1.29 is 9.59 Å². The molecule has 0 aliphatic carbocycles. The van der Waals surface area contributed by atoms with Crippen molar-refractivity contribution in [1.82, 2.24) is 10.2 Å². The van der Waals surface area contributed by atoms with Gasteiger partial charge in [-0.25, -0.2) is 0 Å². The van der Waals surface area contributed by atoms with Gasteiger partial charge in [-0.2, -0.15) is 0 Å². The van der Waals surface area contributed by atoms with Gasteiger partial charge in [0.15, 0.2) is 0 Å². The Labute approximate surface area is 125 Å². The minimum Gasteiger partial charge on any atom is -0.332 e. The van der Waals surface area contributed by atoms with E-state index in [1.807, 2.05) is 4.90 Å². The fourth-order valence-electron chi connectivity index (χ4n) is 2.62. The molecule has 0 aromatic heterocycles. The molecule has 0 unspecified atom stereocenters. The van der Waals surface area contributed by atoms with Crippen LogP contribution >= 0.6 is 0 Å². The van der Waals surface area contributed by atoms with Crippen LogP contribution in [0.5, 0.6) is 0 Å². The average molecular weight is 289 g/mol. The Morgan fingerprint density at radius 1 is 1.33 bits per heavy atom. The van der Waals surface area contributed by atoms with E-state index in [0.29, 0.717) is 11.3 Å². The summed E-state index contributed by atoms with van der Waals surface area (Å²) in [5.74, 6) is -0.130. The van der Waals surface area contributed by atoms with Crippen LogP contribution in [0.25, 0.3) is 0 Å². The molecule has 5 heteroatoms. The number of carbonyl (C=O) groups excluding carboxylic acids is 2. The highest BCUT2D eigenvalue weighted by molar-refractivity contribution is 5.97. The number of nitrogens with one attached hydrogen (secondary N) is 2. The molecule has 114 valence electrons. The molecular weight excluding hydrogens is 266 g/mol. The molecule has 0 radical (unpaired) electrons. The Morgan fingerprint density at radius 2 is 2.10 bits per heavy atom. The molecule has 5 nitrogen and oxygen atoms in total. The number of anilines is 1. The summed E-state index contributed by atoms with van der Waals surface area (Å²) in [6.45, 7) is 8.05. The van der Waals surface area contributed by atoms with E-state index in [1.54, 1.807) is 24.3 Å². The number of nitrogens with zero attached hydrogens (tertiary/aromatic N) is 1. The van der Waals surface area contributed by atoms with Gasteiger partial charge < -0.3 is 15.5 Å². The summed E-state index contributed by atoms with van der Waals surface area (Å²) in [6, 6.07) is 7.11. The summed E-state index contributed by atoms with van der Waals surface area (Å²) in [5, 5.41) is 6.07. The van der Waals surface area contributed by atoms with Gasteiger partial charge in [0.25, 0.3) is 5.91 Å². The van der Waals surface area contributed by atoms with Crippen LogP contribution in [-0.2, 0) is 4.79 Å². The number of benzene rings is 1. The monoisotopic (exact) mass is 289 g/mol. The lowest BCUT2D eigenvalue weighted by Crippen LogP contribution is -2.51. The number of hydrogen-bond acceptors (Lipinski definition) is 3. The van der Waals surface area contributed by atoms with Crippen LogP contribution in [-0.4, -0.2) is 41.9 Å². The molecule has 1 saturated heterocycles. The first-order valence-corrected chi connectivity index (χ1v) is 7.30. The molecule has 2 amide bonds. The molecule has 1 fully saturated rings. The van der Waals surface area contributed by atoms with Crippen LogP contribution in [0.15, 0.2) is 24.3 Å². The fourth-order valence-corrected chi connectivity index (χ4v) is 2.62. The third-order valence-electron chi connectivity index (χ3n) is 3.70. The van der Waals surface area contributed by atoms with Gasteiger partial charge in [0.2, 0.25) is 5.91 Å².